The highest BCUT2D eigenvalue weighted by atomic mass is 14.9. The van der Waals surface area contributed by atoms with Crippen LogP contribution in [0.4, 0.5) is 0 Å². The molecular weight excluding hydrogens is 230 g/mol. The van der Waals surface area contributed by atoms with Gasteiger partial charge in [-0.05, 0) is 69.2 Å². The van der Waals surface area contributed by atoms with Crippen molar-refractivity contribution in [3.63, 3.8) is 0 Å². The monoisotopic (exact) mass is 259 g/mol. The number of benzene rings is 1. The van der Waals surface area contributed by atoms with Crippen LogP contribution in [0.5, 0.6) is 0 Å². The summed E-state index contributed by atoms with van der Waals surface area (Å²) in [6.45, 7) is 9.15. The first kappa shape index (κ1) is 14.6. The van der Waals surface area contributed by atoms with Crippen molar-refractivity contribution < 1.29 is 0 Å². The van der Waals surface area contributed by atoms with Crippen molar-refractivity contribution in [2.75, 3.05) is 7.05 Å². The summed E-state index contributed by atoms with van der Waals surface area (Å²) < 4.78 is 0. The molecule has 1 aromatic rings. The SMILES string of the molecule is CNC(c1c(C)cc(C)cc1C)C1CCCC(C)C1. The molecule has 0 radical (unpaired) electrons. The molecule has 0 heterocycles. The van der Waals surface area contributed by atoms with Gasteiger partial charge in [-0.2, -0.15) is 0 Å². The third-order valence-corrected chi connectivity index (χ3v) is 4.81. The minimum absolute atomic E-state index is 0.531. The molecule has 106 valence electrons. The van der Waals surface area contributed by atoms with Crippen LogP contribution in [0.15, 0.2) is 12.1 Å². The molecule has 1 aromatic carbocycles. The van der Waals surface area contributed by atoms with Crippen molar-refractivity contribution in [2.45, 2.75) is 59.4 Å². The molecule has 0 spiro atoms. The molecule has 0 saturated heterocycles. The zero-order chi connectivity index (χ0) is 14.0. The lowest BCUT2D eigenvalue weighted by atomic mass is 9.75. The van der Waals surface area contributed by atoms with E-state index in [1.165, 1.54) is 42.4 Å². The highest BCUT2D eigenvalue weighted by Crippen LogP contribution is 2.39. The topological polar surface area (TPSA) is 12.0 Å². The maximum atomic E-state index is 3.61. The molecule has 3 unspecified atom stereocenters. The molecule has 1 saturated carbocycles. The molecule has 19 heavy (non-hydrogen) atoms. The van der Waals surface area contributed by atoms with Gasteiger partial charge in [-0.3, -0.25) is 0 Å². The van der Waals surface area contributed by atoms with E-state index in [2.05, 4.69) is 52.2 Å². The van der Waals surface area contributed by atoms with E-state index in [-0.39, 0.29) is 0 Å². The smallest absolute Gasteiger partial charge is 0.0351 e. The molecule has 1 fully saturated rings. The quantitative estimate of drug-likeness (QED) is 0.829. The van der Waals surface area contributed by atoms with Crippen molar-refractivity contribution in [1.82, 2.24) is 5.32 Å². The first-order chi connectivity index (χ1) is 9.02. The van der Waals surface area contributed by atoms with E-state index in [9.17, 15) is 0 Å². The van der Waals surface area contributed by atoms with E-state index in [4.69, 9.17) is 0 Å². The largest absolute Gasteiger partial charge is 0.313 e. The van der Waals surface area contributed by atoms with Gasteiger partial charge in [0.2, 0.25) is 0 Å². The van der Waals surface area contributed by atoms with Crippen molar-refractivity contribution >= 4 is 0 Å². The molecule has 1 aliphatic carbocycles. The summed E-state index contributed by atoms with van der Waals surface area (Å²) in [5.41, 5.74) is 5.84. The summed E-state index contributed by atoms with van der Waals surface area (Å²) in [7, 11) is 2.13. The summed E-state index contributed by atoms with van der Waals surface area (Å²) in [5, 5.41) is 3.61. The lowest BCUT2D eigenvalue weighted by molar-refractivity contribution is 0.229. The van der Waals surface area contributed by atoms with Gasteiger partial charge in [-0.15, -0.1) is 0 Å². The van der Waals surface area contributed by atoms with Gasteiger partial charge in [0.05, 0.1) is 0 Å². The second-order valence-electron chi connectivity index (χ2n) is 6.61. The van der Waals surface area contributed by atoms with Crippen LogP contribution in [0, 0.1) is 32.6 Å². The molecule has 1 aliphatic rings. The van der Waals surface area contributed by atoms with Crippen LogP contribution >= 0.6 is 0 Å². The molecular formula is C18H29N. The van der Waals surface area contributed by atoms with E-state index in [0.717, 1.165) is 11.8 Å². The number of rotatable bonds is 3. The third kappa shape index (κ3) is 3.20. The van der Waals surface area contributed by atoms with Crippen LogP contribution in [0.25, 0.3) is 0 Å². The van der Waals surface area contributed by atoms with Gasteiger partial charge >= 0.3 is 0 Å². The Morgan fingerprint density at radius 3 is 2.26 bits per heavy atom. The Hall–Kier alpha value is -0.820. The second-order valence-corrected chi connectivity index (χ2v) is 6.61. The number of aryl methyl sites for hydroxylation is 3. The number of hydrogen-bond donors (Lipinski definition) is 1. The fraction of sp³-hybridized carbons (Fsp3) is 0.667. The standard InChI is InChI=1S/C18H29N/c1-12-7-6-8-16(11-12)18(19-5)17-14(3)9-13(2)10-15(17)4/h9-10,12,16,18-19H,6-8,11H2,1-5H3. The molecule has 2 rings (SSSR count). The van der Waals surface area contributed by atoms with E-state index in [1.807, 2.05) is 0 Å². The molecule has 0 amide bonds. The van der Waals surface area contributed by atoms with Gasteiger partial charge in [-0.1, -0.05) is 37.5 Å². The molecule has 1 heteroatoms. The maximum Gasteiger partial charge on any atom is 0.0351 e. The normalized spacial score (nSPS) is 25.3. The van der Waals surface area contributed by atoms with Gasteiger partial charge < -0.3 is 5.32 Å². The lowest BCUT2D eigenvalue weighted by Gasteiger charge is -2.35. The van der Waals surface area contributed by atoms with Crippen LogP contribution in [0.2, 0.25) is 0 Å². The first-order valence-electron chi connectivity index (χ1n) is 7.78. The highest BCUT2D eigenvalue weighted by Gasteiger charge is 2.28. The van der Waals surface area contributed by atoms with Gasteiger partial charge in [0, 0.05) is 6.04 Å². The summed E-state index contributed by atoms with van der Waals surface area (Å²) >= 11 is 0. The first-order valence-corrected chi connectivity index (χ1v) is 7.78. The van der Waals surface area contributed by atoms with E-state index >= 15 is 0 Å². The van der Waals surface area contributed by atoms with Crippen molar-refractivity contribution in [1.29, 1.82) is 0 Å². The zero-order valence-electron chi connectivity index (χ0n) is 13.2. The summed E-state index contributed by atoms with van der Waals surface area (Å²) in [5.74, 6) is 1.69. The molecule has 0 aromatic heterocycles. The maximum absolute atomic E-state index is 3.61. The van der Waals surface area contributed by atoms with E-state index < -0.39 is 0 Å². The Balaban J connectivity index is 2.31. The van der Waals surface area contributed by atoms with Crippen LogP contribution in [-0.2, 0) is 0 Å². The summed E-state index contributed by atoms with van der Waals surface area (Å²) in [4.78, 5) is 0. The Labute approximate surface area is 118 Å². The Kier molecular flexibility index (Phi) is 4.67. The van der Waals surface area contributed by atoms with Crippen LogP contribution in [0.1, 0.15) is 60.9 Å². The summed E-state index contributed by atoms with van der Waals surface area (Å²) in [6, 6.07) is 5.20. The Morgan fingerprint density at radius 2 is 1.74 bits per heavy atom. The van der Waals surface area contributed by atoms with Crippen molar-refractivity contribution in [3.8, 4) is 0 Å². The fourth-order valence-electron chi connectivity index (χ4n) is 4.08. The minimum Gasteiger partial charge on any atom is -0.313 e. The van der Waals surface area contributed by atoms with E-state index in [1.54, 1.807) is 5.56 Å². The molecule has 0 bridgehead atoms. The molecule has 3 atom stereocenters. The van der Waals surface area contributed by atoms with Crippen LogP contribution < -0.4 is 5.32 Å². The Morgan fingerprint density at radius 1 is 1.11 bits per heavy atom. The predicted octanol–water partition coefficient (Wildman–Crippen LogP) is 4.70. The third-order valence-electron chi connectivity index (χ3n) is 4.81. The van der Waals surface area contributed by atoms with E-state index in [0.29, 0.717) is 6.04 Å². The number of hydrogen-bond acceptors (Lipinski definition) is 1. The lowest BCUT2D eigenvalue weighted by Crippen LogP contribution is -2.30. The van der Waals surface area contributed by atoms with Gasteiger partial charge in [-0.25, -0.2) is 0 Å². The Bertz CT molecular complexity index is 412. The van der Waals surface area contributed by atoms with Crippen LogP contribution in [0.3, 0.4) is 0 Å². The zero-order valence-corrected chi connectivity index (χ0v) is 13.2. The van der Waals surface area contributed by atoms with Gasteiger partial charge in [0.25, 0.3) is 0 Å². The average molecular weight is 259 g/mol. The predicted molar refractivity (Wildman–Crippen MR) is 83.6 cm³/mol. The summed E-state index contributed by atoms with van der Waals surface area (Å²) in [6.07, 6.45) is 5.56. The molecule has 0 aliphatic heterocycles. The number of nitrogens with one attached hydrogen (secondary N) is 1. The van der Waals surface area contributed by atoms with Gasteiger partial charge in [0.1, 0.15) is 0 Å². The van der Waals surface area contributed by atoms with Gasteiger partial charge in [0.15, 0.2) is 0 Å². The van der Waals surface area contributed by atoms with Crippen LogP contribution in [-0.4, -0.2) is 7.05 Å². The molecule has 1 nitrogen and oxygen atoms in total. The highest BCUT2D eigenvalue weighted by molar-refractivity contribution is 5.40. The van der Waals surface area contributed by atoms with Crippen molar-refractivity contribution in [2.24, 2.45) is 11.8 Å². The minimum atomic E-state index is 0.531. The second kappa shape index (κ2) is 6.09. The fourth-order valence-corrected chi connectivity index (χ4v) is 4.08. The molecule has 1 N–H and O–H groups in total. The average Bonchev–Trinajstić information content (AvgIpc) is 2.33. The van der Waals surface area contributed by atoms with Crippen molar-refractivity contribution in [3.05, 3.63) is 34.4 Å².